The van der Waals surface area contributed by atoms with Crippen molar-refractivity contribution in [3.05, 3.63) is 34.9 Å². The largest absolute Gasteiger partial charge is 0.453 e. The summed E-state index contributed by atoms with van der Waals surface area (Å²) in [6.45, 7) is 6.71. The zero-order valence-electron chi connectivity index (χ0n) is 17.6. The van der Waals surface area contributed by atoms with Crippen LogP contribution in [0.3, 0.4) is 0 Å². The Labute approximate surface area is 171 Å². The maximum atomic E-state index is 12.4. The summed E-state index contributed by atoms with van der Waals surface area (Å²) in [5.74, 6) is -1.51. The van der Waals surface area contributed by atoms with Gasteiger partial charge < -0.3 is 10.1 Å². The Morgan fingerprint density at radius 1 is 1.03 bits per heavy atom. The Hall–Kier alpha value is -2.70. The summed E-state index contributed by atoms with van der Waals surface area (Å²) in [5.41, 5.74) is 2.61. The van der Waals surface area contributed by atoms with Crippen LogP contribution in [0.4, 0.5) is 4.79 Å². The van der Waals surface area contributed by atoms with Crippen molar-refractivity contribution in [3.63, 3.8) is 0 Å². The van der Waals surface area contributed by atoms with E-state index in [0.717, 1.165) is 19.3 Å². The molecule has 1 aliphatic carbocycles. The monoisotopic (exact) mass is 402 g/mol. The number of benzene rings is 1. The minimum absolute atomic E-state index is 0.0104. The number of esters is 1. The molecule has 3 amide bonds. The molecule has 2 rings (SSSR count). The number of amides is 3. The first kappa shape index (κ1) is 22.6. The van der Waals surface area contributed by atoms with Crippen molar-refractivity contribution in [1.29, 1.82) is 0 Å². The summed E-state index contributed by atoms with van der Waals surface area (Å²) < 4.78 is 5.04. The van der Waals surface area contributed by atoms with Crippen LogP contribution in [0, 0.1) is 0 Å². The Morgan fingerprint density at radius 2 is 1.69 bits per heavy atom. The van der Waals surface area contributed by atoms with Crippen molar-refractivity contribution in [2.24, 2.45) is 0 Å². The van der Waals surface area contributed by atoms with Crippen LogP contribution in [0.25, 0.3) is 0 Å². The molecule has 0 spiro atoms. The summed E-state index contributed by atoms with van der Waals surface area (Å²) in [6, 6.07) is 5.07. The number of aryl methyl sites for hydroxylation is 2. The predicted molar refractivity (Wildman–Crippen MR) is 109 cm³/mol. The molecule has 1 aromatic carbocycles. The van der Waals surface area contributed by atoms with Gasteiger partial charge in [-0.2, -0.15) is 0 Å². The van der Waals surface area contributed by atoms with E-state index < -0.39 is 29.6 Å². The molecule has 0 bridgehead atoms. The van der Waals surface area contributed by atoms with Gasteiger partial charge in [-0.1, -0.05) is 12.1 Å². The zero-order valence-corrected chi connectivity index (χ0v) is 17.6. The number of rotatable bonds is 6. The third kappa shape index (κ3) is 7.33. The molecule has 1 aliphatic rings. The molecule has 158 valence electrons. The SMILES string of the molecule is C[C@@H](OC(=O)CCC(=O)c1ccc2c(c1)CCCC2)C(=O)NC(=O)NC(C)(C)C. The van der Waals surface area contributed by atoms with E-state index in [0.29, 0.717) is 5.56 Å². The first-order chi connectivity index (χ1) is 13.5. The third-order valence-electron chi connectivity index (χ3n) is 4.63. The molecule has 1 aromatic rings. The minimum Gasteiger partial charge on any atom is -0.453 e. The van der Waals surface area contributed by atoms with E-state index in [-0.39, 0.29) is 18.6 Å². The lowest BCUT2D eigenvalue weighted by molar-refractivity contribution is -0.154. The lowest BCUT2D eigenvalue weighted by atomic mass is 9.89. The highest BCUT2D eigenvalue weighted by Crippen LogP contribution is 2.23. The summed E-state index contributed by atoms with van der Waals surface area (Å²) >= 11 is 0. The van der Waals surface area contributed by atoms with Gasteiger partial charge in [-0.15, -0.1) is 0 Å². The lowest BCUT2D eigenvalue weighted by Gasteiger charge is -2.21. The number of fused-ring (bicyclic) bond motifs is 1. The molecule has 2 N–H and O–H groups in total. The van der Waals surface area contributed by atoms with Gasteiger partial charge in [0.25, 0.3) is 5.91 Å². The number of hydrogen-bond acceptors (Lipinski definition) is 5. The van der Waals surface area contributed by atoms with E-state index in [2.05, 4.69) is 10.6 Å². The fourth-order valence-electron chi connectivity index (χ4n) is 3.16. The summed E-state index contributed by atoms with van der Waals surface area (Å²) in [5, 5.41) is 4.71. The van der Waals surface area contributed by atoms with E-state index in [1.807, 2.05) is 18.2 Å². The smallest absolute Gasteiger partial charge is 0.321 e. The van der Waals surface area contributed by atoms with Gasteiger partial charge in [-0.25, -0.2) is 4.79 Å². The van der Waals surface area contributed by atoms with Crippen LogP contribution in [-0.2, 0) is 27.2 Å². The number of Topliss-reactive ketones (excluding diaryl/α,β-unsaturated/α-hetero) is 1. The van der Waals surface area contributed by atoms with Gasteiger partial charge in [0.2, 0.25) is 0 Å². The van der Waals surface area contributed by atoms with E-state index in [1.54, 1.807) is 20.8 Å². The topological polar surface area (TPSA) is 102 Å². The van der Waals surface area contributed by atoms with Crippen molar-refractivity contribution < 1.29 is 23.9 Å². The van der Waals surface area contributed by atoms with Crippen LogP contribution < -0.4 is 10.6 Å². The van der Waals surface area contributed by atoms with Crippen molar-refractivity contribution >= 4 is 23.7 Å². The molecular formula is C22H30N2O5. The number of carbonyl (C=O) groups is 4. The van der Waals surface area contributed by atoms with Crippen LogP contribution in [0.2, 0.25) is 0 Å². The summed E-state index contributed by atoms with van der Waals surface area (Å²) in [4.78, 5) is 48.0. The molecule has 0 aromatic heterocycles. The van der Waals surface area contributed by atoms with E-state index in [1.165, 1.54) is 24.5 Å². The highest BCUT2D eigenvalue weighted by Gasteiger charge is 2.22. The van der Waals surface area contributed by atoms with Crippen LogP contribution in [0.1, 0.15) is 74.9 Å². The third-order valence-corrected chi connectivity index (χ3v) is 4.63. The molecule has 7 heteroatoms. The van der Waals surface area contributed by atoms with Gasteiger partial charge in [-0.3, -0.25) is 19.7 Å². The molecule has 1 atom stereocenters. The second-order valence-corrected chi connectivity index (χ2v) is 8.44. The number of urea groups is 1. The number of nitrogens with one attached hydrogen (secondary N) is 2. The number of imide groups is 1. The number of hydrogen-bond donors (Lipinski definition) is 2. The van der Waals surface area contributed by atoms with Crippen molar-refractivity contribution in [1.82, 2.24) is 10.6 Å². The molecule has 0 fully saturated rings. The average molecular weight is 402 g/mol. The molecule has 7 nitrogen and oxygen atoms in total. The molecule has 0 saturated carbocycles. The number of carbonyl (C=O) groups excluding carboxylic acids is 4. The fraction of sp³-hybridized carbons (Fsp3) is 0.545. The zero-order chi connectivity index (χ0) is 21.6. The second-order valence-electron chi connectivity index (χ2n) is 8.44. The molecule has 0 saturated heterocycles. The Kier molecular flexibility index (Phi) is 7.53. The maximum absolute atomic E-state index is 12.4. The van der Waals surface area contributed by atoms with Crippen LogP contribution in [0.15, 0.2) is 18.2 Å². The Balaban J connectivity index is 1.79. The Morgan fingerprint density at radius 3 is 2.34 bits per heavy atom. The van der Waals surface area contributed by atoms with Crippen LogP contribution in [-0.4, -0.2) is 35.3 Å². The van der Waals surface area contributed by atoms with Gasteiger partial charge >= 0.3 is 12.0 Å². The van der Waals surface area contributed by atoms with Crippen molar-refractivity contribution in [2.75, 3.05) is 0 Å². The van der Waals surface area contributed by atoms with Crippen LogP contribution >= 0.6 is 0 Å². The molecular weight excluding hydrogens is 372 g/mol. The first-order valence-electron chi connectivity index (χ1n) is 10.0. The normalized spacial score (nSPS) is 14.3. The van der Waals surface area contributed by atoms with Gasteiger partial charge in [0.1, 0.15) is 0 Å². The van der Waals surface area contributed by atoms with Gasteiger partial charge in [-0.05, 0) is 70.6 Å². The molecule has 0 heterocycles. The summed E-state index contributed by atoms with van der Waals surface area (Å²) in [7, 11) is 0. The van der Waals surface area contributed by atoms with E-state index in [9.17, 15) is 19.2 Å². The Bertz CT molecular complexity index is 795. The highest BCUT2D eigenvalue weighted by atomic mass is 16.5. The lowest BCUT2D eigenvalue weighted by Crippen LogP contribution is -2.50. The van der Waals surface area contributed by atoms with E-state index in [4.69, 9.17) is 4.74 Å². The quantitative estimate of drug-likeness (QED) is 0.562. The molecule has 0 radical (unpaired) electrons. The average Bonchev–Trinajstić information content (AvgIpc) is 2.64. The van der Waals surface area contributed by atoms with Gasteiger partial charge in [0, 0.05) is 17.5 Å². The van der Waals surface area contributed by atoms with E-state index >= 15 is 0 Å². The minimum atomic E-state index is -1.13. The van der Waals surface area contributed by atoms with Crippen molar-refractivity contribution in [2.45, 2.75) is 77.9 Å². The predicted octanol–water partition coefficient (Wildman–Crippen LogP) is 3.08. The molecule has 0 aliphatic heterocycles. The maximum Gasteiger partial charge on any atom is 0.321 e. The molecule has 29 heavy (non-hydrogen) atoms. The van der Waals surface area contributed by atoms with Crippen molar-refractivity contribution in [3.8, 4) is 0 Å². The molecule has 0 unspecified atom stereocenters. The highest BCUT2D eigenvalue weighted by molar-refractivity contribution is 5.99. The van der Waals surface area contributed by atoms with Gasteiger partial charge in [0.15, 0.2) is 11.9 Å². The second kappa shape index (κ2) is 9.67. The number of ether oxygens (including phenoxy) is 1. The first-order valence-corrected chi connectivity index (χ1v) is 10.0. The fourth-order valence-corrected chi connectivity index (χ4v) is 3.16. The van der Waals surface area contributed by atoms with Gasteiger partial charge in [0.05, 0.1) is 6.42 Å². The van der Waals surface area contributed by atoms with Crippen LogP contribution in [0.5, 0.6) is 0 Å². The summed E-state index contributed by atoms with van der Waals surface area (Å²) in [6.07, 6.45) is 3.09. The standard InChI is InChI=1S/C22H30N2O5/c1-14(20(27)23-21(28)24-22(2,3)4)29-19(26)12-11-18(25)17-10-9-15-7-5-6-8-16(15)13-17/h9-10,13-14H,5-8,11-12H2,1-4H3,(H2,23,24,27,28)/t14-/m1/s1. The number of ketones is 1.